The van der Waals surface area contributed by atoms with E-state index in [1.807, 2.05) is 0 Å². The fourth-order valence-electron chi connectivity index (χ4n) is 1.58. The Morgan fingerprint density at radius 1 is 1.59 bits per heavy atom. The normalized spacial score (nSPS) is 19.9. The number of nitrogens with zero attached hydrogens (tertiary/aromatic N) is 1. The van der Waals surface area contributed by atoms with E-state index in [0.717, 1.165) is 0 Å². The Bertz CT molecular complexity index is 265. The molecule has 2 N–H and O–H groups in total. The van der Waals surface area contributed by atoms with Gasteiger partial charge < -0.3 is 24.8 Å². The minimum Gasteiger partial charge on any atom is -0.480 e. The molecule has 1 aliphatic rings. The van der Waals surface area contributed by atoms with E-state index < -0.39 is 12.0 Å². The SMILES string of the molecule is COCCN(CC(=O)O)C(=O)C1COCCN1. The van der Waals surface area contributed by atoms with Gasteiger partial charge in [-0.05, 0) is 0 Å². The van der Waals surface area contributed by atoms with Crippen molar-refractivity contribution in [3.8, 4) is 0 Å². The molecule has 0 saturated carbocycles. The Balaban J connectivity index is 2.53. The minimum absolute atomic E-state index is 0.260. The van der Waals surface area contributed by atoms with Crippen LogP contribution in [-0.2, 0) is 19.1 Å². The van der Waals surface area contributed by atoms with Crippen LogP contribution in [0, 0.1) is 0 Å². The van der Waals surface area contributed by atoms with Crippen LogP contribution in [0.15, 0.2) is 0 Å². The van der Waals surface area contributed by atoms with E-state index in [1.165, 1.54) is 12.0 Å². The van der Waals surface area contributed by atoms with Gasteiger partial charge in [-0.25, -0.2) is 0 Å². The van der Waals surface area contributed by atoms with Crippen molar-refractivity contribution < 1.29 is 24.2 Å². The summed E-state index contributed by atoms with van der Waals surface area (Å²) >= 11 is 0. The number of rotatable bonds is 6. The molecule has 0 radical (unpaired) electrons. The van der Waals surface area contributed by atoms with Crippen molar-refractivity contribution in [1.29, 1.82) is 0 Å². The van der Waals surface area contributed by atoms with E-state index in [2.05, 4.69) is 5.32 Å². The third-order valence-electron chi connectivity index (χ3n) is 2.42. The lowest BCUT2D eigenvalue weighted by Gasteiger charge is -2.28. The van der Waals surface area contributed by atoms with Crippen LogP contribution < -0.4 is 5.32 Å². The Morgan fingerprint density at radius 3 is 2.88 bits per heavy atom. The molecule has 0 aliphatic carbocycles. The number of hydrogen-bond donors (Lipinski definition) is 2. The number of aliphatic carboxylic acids is 1. The van der Waals surface area contributed by atoms with Gasteiger partial charge in [0.25, 0.3) is 0 Å². The first-order chi connectivity index (χ1) is 8.15. The average Bonchev–Trinajstić information content (AvgIpc) is 2.34. The van der Waals surface area contributed by atoms with Crippen molar-refractivity contribution in [2.75, 3.05) is 46.6 Å². The van der Waals surface area contributed by atoms with Crippen LogP contribution in [0.1, 0.15) is 0 Å². The number of amides is 1. The molecule has 0 aromatic rings. The molecule has 98 valence electrons. The summed E-state index contributed by atoms with van der Waals surface area (Å²) in [6.07, 6.45) is 0. The highest BCUT2D eigenvalue weighted by Gasteiger charge is 2.27. The first-order valence-electron chi connectivity index (χ1n) is 5.45. The molecule has 0 spiro atoms. The van der Waals surface area contributed by atoms with Crippen LogP contribution in [-0.4, -0.2) is 74.5 Å². The molecule has 1 heterocycles. The van der Waals surface area contributed by atoms with Crippen LogP contribution >= 0.6 is 0 Å². The highest BCUT2D eigenvalue weighted by Crippen LogP contribution is 2.00. The van der Waals surface area contributed by atoms with Crippen molar-refractivity contribution in [2.45, 2.75) is 6.04 Å². The molecule has 1 saturated heterocycles. The van der Waals surface area contributed by atoms with E-state index in [0.29, 0.717) is 19.8 Å². The van der Waals surface area contributed by atoms with E-state index >= 15 is 0 Å². The molecule has 0 aromatic heterocycles. The molecule has 0 aromatic carbocycles. The highest BCUT2D eigenvalue weighted by molar-refractivity contribution is 5.85. The van der Waals surface area contributed by atoms with Crippen LogP contribution in [0.5, 0.6) is 0 Å². The summed E-state index contributed by atoms with van der Waals surface area (Å²) in [5.74, 6) is -1.30. The lowest BCUT2D eigenvalue weighted by molar-refractivity contribution is -0.147. The molecular formula is C10H18N2O5. The smallest absolute Gasteiger partial charge is 0.323 e. The van der Waals surface area contributed by atoms with Gasteiger partial charge in [-0.15, -0.1) is 0 Å². The predicted octanol–water partition coefficient (Wildman–Crippen LogP) is -1.47. The molecule has 1 unspecified atom stereocenters. The zero-order valence-electron chi connectivity index (χ0n) is 9.85. The second kappa shape index (κ2) is 7.21. The summed E-state index contributed by atoms with van der Waals surface area (Å²) in [5, 5.41) is 11.7. The second-order valence-electron chi connectivity index (χ2n) is 3.73. The standard InChI is InChI=1S/C10H18N2O5/c1-16-5-3-12(6-9(13)14)10(15)8-7-17-4-2-11-8/h8,11H,2-7H2,1H3,(H,13,14). The lowest BCUT2D eigenvalue weighted by atomic mass is 10.2. The minimum atomic E-state index is -1.04. The van der Waals surface area contributed by atoms with Crippen molar-refractivity contribution in [3.63, 3.8) is 0 Å². The summed E-state index contributed by atoms with van der Waals surface area (Å²) in [7, 11) is 1.51. The summed E-state index contributed by atoms with van der Waals surface area (Å²) in [6.45, 7) is 1.71. The number of methoxy groups -OCH3 is 1. The van der Waals surface area contributed by atoms with Gasteiger partial charge in [0.15, 0.2) is 0 Å². The van der Waals surface area contributed by atoms with Gasteiger partial charge in [0.1, 0.15) is 12.6 Å². The maximum atomic E-state index is 12.0. The van der Waals surface area contributed by atoms with Crippen molar-refractivity contribution in [2.24, 2.45) is 0 Å². The van der Waals surface area contributed by atoms with E-state index in [9.17, 15) is 9.59 Å². The van der Waals surface area contributed by atoms with Gasteiger partial charge in [-0.3, -0.25) is 9.59 Å². The average molecular weight is 246 g/mol. The molecule has 7 nitrogen and oxygen atoms in total. The first-order valence-corrected chi connectivity index (χ1v) is 5.45. The number of ether oxygens (including phenoxy) is 2. The van der Waals surface area contributed by atoms with Gasteiger partial charge in [0, 0.05) is 20.2 Å². The molecule has 1 atom stereocenters. The van der Waals surface area contributed by atoms with Gasteiger partial charge in [-0.2, -0.15) is 0 Å². The van der Waals surface area contributed by atoms with Gasteiger partial charge in [0.2, 0.25) is 5.91 Å². The lowest BCUT2D eigenvalue weighted by Crippen LogP contribution is -2.54. The monoisotopic (exact) mass is 246 g/mol. The number of carboxylic acids is 1. The summed E-state index contributed by atoms with van der Waals surface area (Å²) < 4.78 is 10.0. The number of nitrogens with one attached hydrogen (secondary N) is 1. The van der Waals surface area contributed by atoms with Gasteiger partial charge >= 0.3 is 5.97 Å². The third-order valence-corrected chi connectivity index (χ3v) is 2.42. The fourth-order valence-corrected chi connectivity index (χ4v) is 1.58. The Hall–Kier alpha value is -1.18. The summed E-state index contributed by atoms with van der Waals surface area (Å²) in [6, 6.07) is -0.458. The molecule has 1 amide bonds. The zero-order valence-corrected chi connectivity index (χ0v) is 9.85. The van der Waals surface area contributed by atoms with Gasteiger partial charge in [-0.1, -0.05) is 0 Å². The number of carbonyl (C=O) groups is 2. The largest absolute Gasteiger partial charge is 0.480 e. The molecule has 17 heavy (non-hydrogen) atoms. The van der Waals surface area contributed by atoms with E-state index in [4.69, 9.17) is 14.6 Å². The molecule has 1 rings (SSSR count). The molecule has 0 bridgehead atoms. The Kier molecular flexibility index (Phi) is 5.88. The molecular weight excluding hydrogens is 228 g/mol. The van der Waals surface area contributed by atoms with Crippen LogP contribution in [0.2, 0.25) is 0 Å². The summed E-state index contributed by atoms with van der Waals surface area (Å²) in [4.78, 5) is 23.9. The fraction of sp³-hybridized carbons (Fsp3) is 0.800. The third kappa shape index (κ3) is 4.68. The van der Waals surface area contributed by atoms with Crippen LogP contribution in [0.3, 0.4) is 0 Å². The van der Waals surface area contributed by atoms with Crippen LogP contribution in [0.25, 0.3) is 0 Å². The Labute approximate surface area is 99.7 Å². The predicted molar refractivity (Wildman–Crippen MR) is 58.7 cm³/mol. The maximum Gasteiger partial charge on any atom is 0.323 e. The first kappa shape index (κ1) is 13.9. The Morgan fingerprint density at radius 2 is 2.35 bits per heavy atom. The summed E-state index contributed by atoms with van der Waals surface area (Å²) in [5.41, 5.74) is 0. The number of carboxylic acid groups (broad SMARTS) is 1. The number of morpholine rings is 1. The zero-order chi connectivity index (χ0) is 12.7. The molecule has 1 fully saturated rings. The highest BCUT2D eigenvalue weighted by atomic mass is 16.5. The number of carbonyl (C=O) groups excluding carboxylic acids is 1. The molecule has 7 heteroatoms. The topological polar surface area (TPSA) is 88.1 Å². The maximum absolute atomic E-state index is 12.0. The van der Waals surface area contributed by atoms with Crippen LogP contribution in [0.4, 0.5) is 0 Å². The van der Waals surface area contributed by atoms with Gasteiger partial charge in [0.05, 0.1) is 19.8 Å². The molecule has 1 aliphatic heterocycles. The van der Waals surface area contributed by atoms with E-state index in [-0.39, 0.29) is 25.6 Å². The van der Waals surface area contributed by atoms with Crippen molar-refractivity contribution in [3.05, 3.63) is 0 Å². The van der Waals surface area contributed by atoms with Crippen molar-refractivity contribution in [1.82, 2.24) is 10.2 Å². The number of hydrogen-bond acceptors (Lipinski definition) is 5. The van der Waals surface area contributed by atoms with E-state index in [1.54, 1.807) is 0 Å². The second-order valence-corrected chi connectivity index (χ2v) is 3.73. The quantitative estimate of drug-likeness (QED) is 0.595. The van der Waals surface area contributed by atoms with Crippen molar-refractivity contribution >= 4 is 11.9 Å².